The molecule has 1 aliphatic rings. The highest BCUT2D eigenvalue weighted by Crippen LogP contribution is 2.41. The number of hydrogen-bond acceptors (Lipinski definition) is 2. The van der Waals surface area contributed by atoms with E-state index in [9.17, 15) is 4.79 Å². The highest BCUT2D eigenvalue weighted by atomic mass is 16.5. The van der Waals surface area contributed by atoms with Crippen LogP contribution in [0.25, 0.3) is 0 Å². The second-order valence-corrected chi connectivity index (χ2v) is 4.90. The maximum Gasteiger partial charge on any atom is 0.230 e. The van der Waals surface area contributed by atoms with Gasteiger partial charge < -0.3 is 10.1 Å². The average molecular weight is 247 g/mol. The van der Waals surface area contributed by atoms with Crippen LogP contribution in [-0.2, 0) is 14.9 Å². The van der Waals surface area contributed by atoms with Gasteiger partial charge in [0.25, 0.3) is 0 Å². The van der Waals surface area contributed by atoms with E-state index < -0.39 is 0 Å². The van der Waals surface area contributed by atoms with Gasteiger partial charge in [-0.05, 0) is 18.4 Å². The molecule has 0 unspecified atom stereocenters. The zero-order valence-electron chi connectivity index (χ0n) is 10.9. The fourth-order valence-corrected chi connectivity index (χ4v) is 2.82. The third kappa shape index (κ3) is 2.56. The van der Waals surface area contributed by atoms with Gasteiger partial charge in [-0.1, -0.05) is 43.2 Å². The summed E-state index contributed by atoms with van der Waals surface area (Å²) in [6, 6.07) is 10.2. The molecule has 0 atom stereocenters. The number of benzene rings is 1. The number of methoxy groups -OCH3 is 1. The highest BCUT2D eigenvalue weighted by Gasteiger charge is 2.42. The van der Waals surface area contributed by atoms with Crippen LogP contribution in [0, 0.1) is 0 Å². The zero-order valence-corrected chi connectivity index (χ0v) is 10.9. The molecule has 0 radical (unpaired) electrons. The summed E-state index contributed by atoms with van der Waals surface area (Å²) in [5.41, 5.74) is 0.840. The number of hydrogen-bond donors (Lipinski definition) is 1. The molecule has 1 amide bonds. The van der Waals surface area contributed by atoms with Crippen molar-refractivity contribution in [1.29, 1.82) is 0 Å². The van der Waals surface area contributed by atoms with E-state index in [0.717, 1.165) is 31.2 Å². The SMILES string of the molecule is COCCNC(=O)C1(c2ccccc2)CCCC1. The van der Waals surface area contributed by atoms with E-state index >= 15 is 0 Å². The van der Waals surface area contributed by atoms with Crippen LogP contribution in [0.3, 0.4) is 0 Å². The lowest BCUT2D eigenvalue weighted by atomic mass is 9.78. The minimum atomic E-state index is -0.311. The molecule has 98 valence electrons. The summed E-state index contributed by atoms with van der Waals surface area (Å²) in [6.45, 7) is 1.15. The molecule has 0 aromatic heterocycles. The first kappa shape index (κ1) is 13.1. The van der Waals surface area contributed by atoms with Crippen molar-refractivity contribution in [3.63, 3.8) is 0 Å². The minimum absolute atomic E-state index is 0.156. The Kier molecular flexibility index (Phi) is 4.37. The molecule has 3 nitrogen and oxygen atoms in total. The van der Waals surface area contributed by atoms with Gasteiger partial charge in [0.1, 0.15) is 0 Å². The minimum Gasteiger partial charge on any atom is -0.383 e. The fraction of sp³-hybridized carbons (Fsp3) is 0.533. The van der Waals surface area contributed by atoms with E-state index in [1.54, 1.807) is 7.11 Å². The maximum absolute atomic E-state index is 12.5. The Morgan fingerprint density at radius 1 is 1.28 bits per heavy atom. The molecule has 3 heteroatoms. The smallest absolute Gasteiger partial charge is 0.230 e. The summed E-state index contributed by atoms with van der Waals surface area (Å²) >= 11 is 0. The van der Waals surface area contributed by atoms with Gasteiger partial charge in [0.15, 0.2) is 0 Å². The summed E-state index contributed by atoms with van der Waals surface area (Å²) in [7, 11) is 1.65. The van der Waals surface area contributed by atoms with Gasteiger partial charge in [-0.15, -0.1) is 0 Å². The zero-order chi connectivity index (χ0) is 12.8. The quantitative estimate of drug-likeness (QED) is 0.811. The maximum atomic E-state index is 12.5. The van der Waals surface area contributed by atoms with Gasteiger partial charge in [0, 0.05) is 13.7 Å². The van der Waals surface area contributed by atoms with Crippen LogP contribution in [-0.4, -0.2) is 26.2 Å². The summed E-state index contributed by atoms with van der Waals surface area (Å²) in [4.78, 5) is 12.5. The third-order valence-electron chi connectivity index (χ3n) is 3.81. The standard InChI is InChI=1S/C15H21NO2/c1-18-12-11-16-14(17)15(9-5-6-10-15)13-7-3-2-4-8-13/h2-4,7-8H,5-6,9-12H2,1H3,(H,16,17). The van der Waals surface area contributed by atoms with Crippen LogP contribution in [0.15, 0.2) is 30.3 Å². The first-order valence-electron chi connectivity index (χ1n) is 6.62. The van der Waals surface area contributed by atoms with E-state index in [2.05, 4.69) is 17.4 Å². The number of ether oxygens (including phenoxy) is 1. The lowest BCUT2D eigenvalue weighted by Gasteiger charge is -2.28. The average Bonchev–Trinajstić information content (AvgIpc) is 2.90. The number of amides is 1. The molecule has 0 aliphatic heterocycles. The first-order chi connectivity index (χ1) is 8.79. The van der Waals surface area contributed by atoms with Crippen molar-refractivity contribution in [3.05, 3.63) is 35.9 Å². The molecule has 0 saturated heterocycles. The Labute approximate surface area is 109 Å². The van der Waals surface area contributed by atoms with Gasteiger partial charge in [0.05, 0.1) is 12.0 Å². The van der Waals surface area contributed by atoms with Crippen molar-refractivity contribution in [1.82, 2.24) is 5.32 Å². The summed E-state index contributed by atoms with van der Waals surface area (Å²) in [5.74, 6) is 0.156. The van der Waals surface area contributed by atoms with Gasteiger partial charge in [-0.2, -0.15) is 0 Å². The van der Waals surface area contributed by atoms with Crippen LogP contribution < -0.4 is 5.32 Å². The Hall–Kier alpha value is -1.35. The first-order valence-corrected chi connectivity index (χ1v) is 6.62. The predicted octanol–water partition coefficient (Wildman–Crippen LogP) is 2.26. The normalized spacial score (nSPS) is 17.6. The molecule has 0 bridgehead atoms. The van der Waals surface area contributed by atoms with Crippen molar-refractivity contribution in [2.75, 3.05) is 20.3 Å². The number of rotatable bonds is 5. The van der Waals surface area contributed by atoms with E-state index in [4.69, 9.17) is 4.74 Å². The van der Waals surface area contributed by atoms with E-state index in [-0.39, 0.29) is 11.3 Å². The van der Waals surface area contributed by atoms with Gasteiger partial charge in [-0.25, -0.2) is 0 Å². The highest BCUT2D eigenvalue weighted by molar-refractivity contribution is 5.88. The van der Waals surface area contributed by atoms with E-state index in [0.29, 0.717) is 13.2 Å². The Morgan fingerprint density at radius 3 is 2.56 bits per heavy atom. The number of carbonyl (C=O) groups is 1. The van der Waals surface area contributed by atoms with Crippen LogP contribution in [0.2, 0.25) is 0 Å². The third-order valence-corrected chi connectivity index (χ3v) is 3.81. The monoisotopic (exact) mass is 247 g/mol. The van der Waals surface area contributed by atoms with E-state index in [1.165, 1.54) is 0 Å². The summed E-state index contributed by atoms with van der Waals surface area (Å²) in [6.07, 6.45) is 4.17. The number of carbonyl (C=O) groups excluding carboxylic acids is 1. The molecule has 1 aromatic carbocycles. The lowest BCUT2D eigenvalue weighted by molar-refractivity contribution is -0.126. The second-order valence-electron chi connectivity index (χ2n) is 4.90. The second kappa shape index (κ2) is 6.01. The van der Waals surface area contributed by atoms with Crippen molar-refractivity contribution >= 4 is 5.91 Å². The van der Waals surface area contributed by atoms with Crippen molar-refractivity contribution in [2.45, 2.75) is 31.1 Å². The molecular formula is C15H21NO2. The lowest BCUT2D eigenvalue weighted by Crippen LogP contribution is -2.43. The molecule has 1 fully saturated rings. The van der Waals surface area contributed by atoms with Crippen LogP contribution in [0.4, 0.5) is 0 Å². The summed E-state index contributed by atoms with van der Waals surface area (Å²) < 4.78 is 4.98. The van der Waals surface area contributed by atoms with Gasteiger partial charge in [-0.3, -0.25) is 4.79 Å². The topological polar surface area (TPSA) is 38.3 Å². The Bertz CT molecular complexity index is 383. The van der Waals surface area contributed by atoms with Gasteiger partial charge in [0.2, 0.25) is 5.91 Å². The number of nitrogens with one attached hydrogen (secondary N) is 1. The molecule has 18 heavy (non-hydrogen) atoms. The molecule has 2 rings (SSSR count). The molecule has 0 spiro atoms. The molecule has 0 heterocycles. The van der Waals surface area contributed by atoms with Crippen LogP contribution >= 0.6 is 0 Å². The molecular weight excluding hydrogens is 226 g/mol. The largest absolute Gasteiger partial charge is 0.383 e. The van der Waals surface area contributed by atoms with Crippen molar-refractivity contribution in [3.8, 4) is 0 Å². The fourth-order valence-electron chi connectivity index (χ4n) is 2.82. The molecule has 1 N–H and O–H groups in total. The molecule has 1 aliphatic carbocycles. The Balaban J connectivity index is 2.14. The van der Waals surface area contributed by atoms with Crippen LogP contribution in [0.5, 0.6) is 0 Å². The predicted molar refractivity (Wildman–Crippen MR) is 71.5 cm³/mol. The summed E-state index contributed by atoms with van der Waals surface area (Å²) in [5, 5.41) is 3.00. The van der Waals surface area contributed by atoms with Crippen LogP contribution in [0.1, 0.15) is 31.2 Å². The van der Waals surface area contributed by atoms with Crippen molar-refractivity contribution < 1.29 is 9.53 Å². The van der Waals surface area contributed by atoms with Crippen molar-refractivity contribution in [2.24, 2.45) is 0 Å². The molecule has 1 saturated carbocycles. The molecule has 1 aromatic rings. The van der Waals surface area contributed by atoms with E-state index in [1.807, 2.05) is 18.2 Å². The van der Waals surface area contributed by atoms with Gasteiger partial charge >= 0.3 is 0 Å². The Morgan fingerprint density at radius 2 is 1.94 bits per heavy atom.